The highest BCUT2D eigenvalue weighted by Crippen LogP contribution is 2.15. The minimum Gasteiger partial charge on any atom is -0.323 e. The van der Waals surface area contributed by atoms with Crippen LogP contribution in [0.2, 0.25) is 0 Å². The Kier molecular flexibility index (Phi) is 2.70. The van der Waals surface area contributed by atoms with Crippen molar-refractivity contribution in [3.63, 3.8) is 0 Å². The molecule has 84 valence electrons. The second kappa shape index (κ2) is 4.02. The Morgan fingerprint density at radius 1 is 1.44 bits per heavy atom. The Hall–Kier alpha value is -1.75. The van der Waals surface area contributed by atoms with Crippen molar-refractivity contribution in [2.45, 2.75) is 19.9 Å². The molecule has 16 heavy (non-hydrogen) atoms. The van der Waals surface area contributed by atoms with Crippen molar-refractivity contribution in [3.05, 3.63) is 41.5 Å². The Morgan fingerprint density at radius 3 is 2.81 bits per heavy atom. The molecule has 1 heterocycles. The molecule has 4 nitrogen and oxygen atoms in total. The summed E-state index contributed by atoms with van der Waals surface area (Å²) in [6.07, 6.45) is 1.64. The van der Waals surface area contributed by atoms with E-state index in [9.17, 15) is 4.39 Å². The van der Waals surface area contributed by atoms with E-state index in [2.05, 4.69) is 10.3 Å². The van der Waals surface area contributed by atoms with Gasteiger partial charge < -0.3 is 5.73 Å². The van der Waals surface area contributed by atoms with Crippen LogP contribution in [0, 0.1) is 12.7 Å². The topological polar surface area (TPSA) is 56.7 Å². The van der Waals surface area contributed by atoms with Crippen molar-refractivity contribution in [2.24, 2.45) is 5.73 Å². The van der Waals surface area contributed by atoms with E-state index < -0.39 is 0 Å². The maximum absolute atomic E-state index is 13.5. The highest BCUT2D eigenvalue weighted by atomic mass is 19.1. The summed E-state index contributed by atoms with van der Waals surface area (Å²) in [5, 5.41) is 7.74. The highest BCUT2D eigenvalue weighted by molar-refractivity contribution is 5.36. The second-order valence-corrected chi connectivity index (χ2v) is 3.83. The Labute approximate surface area is 92.9 Å². The molecule has 2 aromatic rings. The predicted octanol–water partition coefficient (Wildman–Crippen LogP) is 1.73. The van der Waals surface area contributed by atoms with Crippen LogP contribution in [0.15, 0.2) is 24.4 Å². The van der Waals surface area contributed by atoms with Gasteiger partial charge in [-0.15, -0.1) is 5.10 Å². The van der Waals surface area contributed by atoms with E-state index in [4.69, 9.17) is 5.73 Å². The summed E-state index contributed by atoms with van der Waals surface area (Å²) in [6.45, 7) is 3.70. The first-order chi connectivity index (χ1) is 7.58. The first-order valence-corrected chi connectivity index (χ1v) is 5.02. The van der Waals surface area contributed by atoms with Crippen LogP contribution < -0.4 is 5.73 Å². The number of halogens is 1. The smallest absolute Gasteiger partial charge is 0.148 e. The van der Waals surface area contributed by atoms with Gasteiger partial charge in [-0.1, -0.05) is 11.3 Å². The Bertz CT molecular complexity index is 504. The summed E-state index contributed by atoms with van der Waals surface area (Å²) in [7, 11) is 0. The molecule has 5 heteroatoms. The third-order valence-corrected chi connectivity index (χ3v) is 2.33. The van der Waals surface area contributed by atoms with Crippen molar-refractivity contribution in [3.8, 4) is 5.69 Å². The van der Waals surface area contributed by atoms with Gasteiger partial charge in [-0.3, -0.25) is 0 Å². The number of hydrogen-bond acceptors (Lipinski definition) is 3. The van der Waals surface area contributed by atoms with Gasteiger partial charge in [0.2, 0.25) is 0 Å². The van der Waals surface area contributed by atoms with Crippen molar-refractivity contribution >= 4 is 0 Å². The lowest BCUT2D eigenvalue weighted by Crippen LogP contribution is -2.05. The number of aryl methyl sites for hydroxylation is 1. The molecule has 1 atom stereocenters. The van der Waals surface area contributed by atoms with E-state index in [1.54, 1.807) is 25.3 Å². The van der Waals surface area contributed by atoms with Crippen molar-refractivity contribution < 1.29 is 4.39 Å². The lowest BCUT2D eigenvalue weighted by Gasteiger charge is -2.03. The summed E-state index contributed by atoms with van der Waals surface area (Å²) in [5.74, 6) is -0.327. The van der Waals surface area contributed by atoms with Crippen molar-refractivity contribution in [2.75, 3.05) is 0 Å². The highest BCUT2D eigenvalue weighted by Gasteiger charge is 2.09. The predicted molar refractivity (Wildman–Crippen MR) is 58.7 cm³/mol. The Balaban J connectivity index is 2.46. The third-order valence-electron chi connectivity index (χ3n) is 2.33. The zero-order chi connectivity index (χ0) is 11.7. The molecule has 0 aliphatic rings. The van der Waals surface area contributed by atoms with Gasteiger partial charge in [-0.25, -0.2) is 9.07 Å². The molecular weight excluding hydrogens is 207 g/mol. The summed E-state index contributed by atoms with van der Waals surface area (Å²) >= 11 is 0. The zero-order valence-electron chi connectivity index (χ0n) is 9.18. The molecule has 0 aliphatic heterocycles. The van der Waals surface area contributed by atoms with Crippen molar-refractivity contribution in [1.82, 2.24) is 15.0 Å². The van der Waals surface area contributed by atoms with Crippen LogP contribution >= 0.6 is 0 Å². The largest absolute Gasteiger partial charge is 0.323 e. The molecule has 1 aromatic carbocycles. The van der Waals surface area contributed by atoms with Gasteiger partial charge in [-0.05, 0) is 31.5 Å². The van der Waals surface area contributed by atoms with E-state index in [1.807, 2.05) is 6.92 Å². The van der Waals surface area contributed by atoms with E-state index in [0.717, 1.165) is 5.56 Å². The van der Waals surface area contributed by atoms with Gasteiger partial charge in [0.1, 0.15) is 11.5 Å². The maximum atomic E-state index is 13.5. The first kappa shape index (κ1) is 10.8. The van der Waals surface area contributed by atoms with Crippen LogP contribution in [-0.4, -0.2) is 15.0 Å². The quantitative estimate of drug-likeness (QED) is 0.838. The van der Waals surface area contributed by atoms with Gasteiger partial charge in [0.25, 0.3) is 0 Å². The molecule has 2 N–H and O–H groups in total. The molecular formula is C11H13FN4. The van der Waals surface area contributed by atoms with Gasteiger partial charge in [0, 0.05) is 6.04 Å². The SMILES string of the molecule is Cc1ccc(F)c(-n2cc(C(C)N)nn2)c1. The molecule has 0 spiro atoms. The average Bonchev–Trinajstić information content (AvgIpc) is 2.70. The van der Waals surface area contributed by atoms with Gasteiger partial charge in [0.05, 0.1) is 11.9 Å². The van der Waals surface area contributed by atoms with Gasteiger partial charge in [0.15, 0.2) is 0 Å². The maximum Gasteiger partial charge on any atom is 0.148 e. The van der Waals surface area contributed by atoms with E-state index in [1.165, 1.54) is 10.7 Å². The van der Waals surface area contributed by atoms with Gasteiger partial charge >= 0.3 is 0 Å². The lowest BCUT2D eigenvalue weighted by atomic mass is 10.2. The van der Waals surface area contributed by atoms with E-state index in [0.29, 0.717) is 11.4 Å². The number of nitrogens with two attached hydrogens (primary N) is 1. The monoisotopic (exact) mass is 220 g/mol. The summed E-state index contributed by atoms with van der Waals surface area (Å²) in [6, 6.07) is 4.64. The first-order valence-electron chi connectivity index (χ1n) is 5.02. The second-order valence-electron chi connectivity index (χ2n) is 3.83. The fourth-order valence-corrected chi connectivity index (χ4v) is 1.40. The number of hydrogen-bond donors (Lipinski definition) is 1. The molecule has 0 aliphatic carbocycles. The molecule has 1 aromatic heterocycles. The summed E-state index contributed by atoms with van der Waals surface area (Å²) in [4.78, 5) is 0. The number of aromatic nitrogens is 3. The van der Waals surface area contributed by atoms with Crippen LogP contribution in [0.1, 0.15) is 24.2 Å². The zero-order valence-corrected chi connectivity index (χ0v) is 9.18. The number of rotatable bonds is 2. The molecule has 0 bridgehead atoms. The summed E-state index contributed by atoms with van der Waals surface area (Å²) in [5.41, 5.74) is 7.66. The standard InChI is InChI=1S/C11H13FN4/c1-7-3-4-9(12)11(5-7)16-6-10(8(2)13)14-15-16/h3-6,8H,13H2,1-2H3. The number of nitrogens with zero attached hydrogens (tertiary/aromatic N) is 3. The minimum absolute atomic E-state index is 0.207. The fraction of sp³-hybridized carbons (Fsp3) is 0.273. The minimum atomic E-state index is -0.327. The van der Waals surface area contributed by atoms with E-state index in [-0.39, 0.29) is 11.9 Å². The van der Waals surface area contributed by atoms with Crippen molar-refractivity contribution in [1.29, 1.82) is 0 Å². The van der Waals surface area contributed by atoms with Crippen LogP contribution in [-0.2, 0) is 0 Å². The van der Waals surface area contributed by atoms with Gasteiger partial charge in [-0.2, -0.15) is 0 Å². The fourth-order valence-electron chi connectivity index (χ4n) is 1.40. The number of benzene rings is 1. The van der Waals surface area contributed by atoms with Crippen LogP contribution in [0.5, 0.6) is 0 Å². The molecule has 0 saturated carbocycles. The molecule has 2 rings (SSSR count). The Morgan fingerprint density at radius 2 is 2.19 bits per heavy atom. The van der Waals surface area contributed by atoms with Crippen LogP contribution in [0.3, 0.4) is 0 Å². The molecule has 0 saturated heterocycles. The molecule has 0 radical (unpaired) electrons. The molecule has 0 amide bonds. The average molecular weight is 220 g/mol. The van der Waals surface area contributed by atoms with Crippen LogP contribution in [0.25, 0.3) is 5.69 Å². The molecule has 1 unspecified atom stereocenters. The van der Waals surface area contributed by atoms with E-state index >= 15 is 0 Å². The third kappa shape index (κ3) is 1.94. The molecule has 0 fully saturated rings. The van der Waals surface area contributed by atoms with Crippen LogP contribution in [0.4, 0.5) is 4.39 Å². The summed E-state index contributed by atoms with van der Waals surface area (Å²) < 4.78 is 14.9. The lowest BCUT2D eigenvalue weighted by molar-refractivity contribution is 0.606. The normalized spacial score (nSPS) is 12.8.